The Bertz CT molecular complexity index is 1040. The molecule has 0 saturated carbocycles. The van der Waals surface area contributed by atoms with Crippen molar-refractivity contribution in [2.24, 2.45) is 0 Å². The van der Waals surface area contributed by atoms with Crippen LogP contribution in [0.5, 0.6) is 11.6 Å². The van der Waals surface area contributed by atoms with Crippen LogP contribution < -0.4 is 20.3 Å². The Morgan fingerprint density at radius 1 is 0.969 bits per heavy atom. The topological polar surface area (TPSA) is 62.3 Å². The van der Waals surface area contributed by atoms with Crippen molar-refractivity contribution in [1.29, 1.82) is 0 Å². The van der Waals surface area contributed by atoms with Gasteiger partial charge in [0.2, 0.25) is 11.8 Å². The third-order valence-electron chi connectivity index (χ3n) is 5.21. The average molecular weight is 468 g/mol. The van der Waals surface area contributed by atoms with Crippen LogP contribution in [-0.4, -0.2) is 28.2 Å². The Morgan fingerprint density at radius 2 is 1.69 bits per heavy atom. The van der Waals surface area contributed by atoms with Crippen molar-refractivity contribution in [2.45, 2.75) is 32.2 Å². The van der Waals surface area contributed by atoms with Crippen LogP contribution in [0.25, 0.3) is 0 Å². The molecule has 1 saturated heterocycles. The number of benzene rings is 2. The molecule has 1 aromatic heterocycles. The minimum atomic E-state index is 0.398. The molecule has 1 fully saturated rings. The van der Waals surface area contributed by atoms with E-state index in [2.05, 4.69) is 20.5 Å². The number of anilines is 2. The summed E-state index contributed by atoms with van der Waals surface area (Å²) < 4.78 is 6.01. The first-order valence-electron chi connectivity index (χ1n) is 10.8. The highest BCUT2D eigenvalue weighted by atomic mass is 35.5. The van der Waals surface area contributed by atoms with E-state index in [0.29, 0.717) is 28.5 Å². The Balaban J connectivity index is 1.51. The summed E-state index contributed by atoms with van der Waals surface area (Å²) in [4.78, 5) is 11.5. The number of ether oxygens (including phenoxy) is 1. The number of nitrogens with one attached hydrogen (secondary N) is 2. The van der Waals surface area contributed by atoms with E-state index in [1.165, 1.54) is 12.8 Å². The lowest BCUT2D eigenvalue weighted by Gasteiger charge is -2.22. The molecule has 0 spiro atoms. The van der Waals surface area contributed by atoms with Crippen LogP contribution in [0, 0.1) is 0 Å². The number of aromatic nitrogens is 2. The molecule has 0 atom stereocenters. The second-order valence-corrected chi connectivity index (χ2v) is 8.42. The first-order chi connectivity index (χ1) is 15.7. The molecule has 0 unspecified atom stereocenters. The van der Waals surface area contributed by atoms with Crippen molar-refractivity contribution < 1.29 is 4.74 Å². The molecule has 0 aliphatic carbocycles. The maximum Gasteiger partial charge on any atom is 0.234 e. The van der Waals surface area contributed by atoms with Gasteiger partial charge in [-0.15, -0.1) is 0 Å². The summed E-state index contributed by atoms with van der Waals surface area (Å²) in [6.07, 6.45) is 4.80. The summed E-state index contributed by atoms with van der Waals surface area (Å²) in [6, 6.07) is 19.2. The fourth-order valence-electron chi connectivity index (χ4n) is 3.56. The lowest BCUT2D eigenvalue weighted by molar-refractivity contribution is 0.462. The lowest BCUT2D eigenvalue weighted by atomic mass is 10.2. The smallest absolute Gasteiger partial charge is 0.234 e. The van der Waals surface area contributed by atoms with Gasteiger partial charge in [-0.25, -0.2) is 0 Å². The van der Waals surface area contributed by atoms with Gasteiger partial charge in [0, 0.05) is 30.7 Å². The summed E-state index contributed by atoms with van der Waals surface area (Å²) in [7, 11) is 0. The number of hydrogen-bond acceptors (Lipinski definition) is 5. The van der Waals surface area contributed by atoms with Crippen molar-refractivity contribution in [3.63, 3.8) is 0 Å². The number of nitrogens with zero attached hydrogens (tertiary/aromatic N) is 3. The SMILES string of the molecule is S=C(NCc1ccccc1Cl)Nc1nc(Oc2ccccc2)cc(N2CCCCCC2)n1. The monoisotopic (exact) mass is 467 g/mol. The summed E-state index contributed by atoms with van der Waals surface area (Å²) in [6.45, 7) is 2.44. The van der Waals surface area contributed by atoms with Crippen LogP contribution in [0.1, 0.15) is 31.2 Å². The molecule has 0 amide bonds. The molecule has 166 valence electrons. The average Bonchev–Trinajstić information content (AvgIpc) is 3.09. The molecule has 2 N–H and O–H groups in total. The standard InChI is InChI=1S/C24H26ClN5OS/c25-20-13-7-6-10-18(20)17-26-24(32)29-23-27-21(30-14-8-1-2-9-15-30)16-22(28-23)31-19-11-4-3-5-12-19/h3-7,10-13,16H,1-2,8-9,14-15,17H2,(H2,26,27,28,29,32). The first-order valence-corrected chi connectivity index (χ1v) is 11.6. The number of thiocarbonyl (C=S) groups is 1. The van der Waals surface area contributed by atoms with Gasteiger partial charge in [-0.1, -0.05) is 60.8 Å². The zero-order valence-electron chi connectivity index (χ0n) is 17.8. The van der Waals surface area contributed by atoms with E-state index >= 15 is 0 Å². The second-order valence-electron chi connectivity index (χ2n) is 7.60. The zero-order chi connectivity index (χ0) is 22.2. The minimum Gasteiger partial charge on any atom is -0.439 e. The van der Waals surface area contributed by atoms with Gasteiger partial charge in [-0.2, -0.15) is 9.97 Å². The largest absolute Gasteiger partial charge is 0.439 e. The summed E-state index contributed by atoms with van der Waals surface area (Å²) in [5.41, 5.74) is 0.964. The van der Waals surface area contributed by atoms with E-state index in [-0.39, 0.29) is 0 Å². The molecule has 2 aromatic carbocycles. The quantitative estimate of drug-likeness (QED) is 0.445. The molecule has 32 heavy (non-hydrogen) atoms. The third kappa shape index (κ3) is 6.31. The van der Waals surface area contributed by atoms with Crippen LogP contribution in [0.2, 0.25) is 5.02 Å². The van der Waals surface area contributed by atoms with Crippen molar-refractivity contribution in [2.75, 3.05) is 23.3 Å². The highest BCUT2D eigenvalue weighted by Gasteiger charge is 2.15. The maximum absolute atomic E-state index is 6.24. The fourth-order valence-corrected chi connectivity index (χ4v) is 3.92. The molecule has 0 radical (unpaired) electrons. The molecular formula is C24H26ClN5OS. The van der Waals surface area contributed by atoms with Gasteiger partial charge in [0.25, 0.3) is 0 Å². The van der Waals surface area contributed by atoms with E-state index in [9.17, 15) is 0 Å². The van der Waals surface area contributed by atoms with Gasteiger partial charge >= 0.3 is 0 Å². The van der Waals surface area contributed by atoms with Crippen LogP contribution in [0.15, 0.2) is 60.7 Å². The third-order valence-corrected chi connectivity index (χ3v) is 5.82. The number of para-hydroxylation sites is 1. The van der Waals surface area contributed by atoms with Crippen LogP contribution in [-0.2, 0) is 6.54 Å². The number of hydrogen-bond donors (Lipinski definition) is 2. The molecule has 1 aliphatic rings. The summed E-state index contributed by atoms with van der Waals surface area (Å²) in [5.74, 6) is 2.43. The van der Waals surface area contributed by atoms with Gasteiger partial charge in [0.05, 0.1) is 0 Å². The van der Waals surface area contributed by atoms with Gasteiger partial charge in [0.1, 0.15) is 11.6 Å². The summed E-state index contributed by atoms with van der Waals surface area (Å²) in [5, 5.41) is 7.38. The Kier molecular flexibility index (Phi) is 7.74. The van der Waals surface area contributed by atoms with Crippen molar-refractivity contribution in [3.8, 4) is 11.6 Å². The van der Waals surface area contributed by atoms with Crippen LogP contribution in [0.3, 0.4) is 0 Å². The van der Waals surface area contributed by atoms with Crippen molar-refractivity contribution in [1.82, 2.24) is 15.3 Å². The van der Waals surface area contributed by atoms with E-state index in [0.717, 1.165) is 43.1 Å². The molecule has 8 heteroatoms. The molecule has 6 nitrogen and oxygen atoms in total. The van der Waals surface area contributed by atoms with Crippen LogP contribution >= 0.6 is 23.8 Å². The van der Waals surface area contributed by atoms with Crippen molar-refractivity contribution in [3.05, 3.63) is 71.2 Å². The van der Waals surface area contributed by atoms with Gasteiger partial charge in [-0.05, 0) is 48.8 Å². The zero-order valence-corrected chi connectivity index (χ0v) is 19.3. The van der Waals surface area contributed by atoms with Gasteiger partial charge in [-0.3, -0.25) is 0 Å². The number of rotatable bonds is 6. The molecule has 2 heterocycles. The lowest BCUT2D eigenvalue weighted by Crippen LogP contribution is -2.30. The molecule has 3 aromatic rings. The Hall–Kier alpha value is -2.90. The predicted molar refractivity (Wildman–Crippen MR) is 134 cm³/mol. The maximum atomic E-state index is 6.24. The second kappa shape index (κ2) is 11.1. The van der Waals surface area contributed by atoms with E-state index in [1.807, 2.05) is 60.7 Å². The fraction of sp³-hybridized carbons (Fsp3) is 0.292. The molecule has 4 rings (SSSR count). The van der Waals surface area contributed by atoms with Crippen LogP contribution in [0.4, 0.5) is 11.8 Å². The van der Waals surface area contributed by atoms with E-state index in [1.54, 1.807) is 0 Å². The van der Waals surface area contributed by atoms with E-state index in [4.69, 9.17) is 33.5 Å². The predicted octanol–water partition coefficient (Wildman–Crippen LogP) is 5.79. The Labute approximate surface area is 199 Å². The first kappa shape index (κ1) is 22.3. The summed E-state index contributed by atoms with van der Waals surface area (Å²) >= 11 is 11.7. The normalized spacial score (nSPS) is 13.8. The highest BCUT2D eigenvalue weighted by molar-refractivity contribution is 7.80. The molecular weight excluding hydrogens is 442 g/mol. The number of halogens is 1. The van der Waals surface area contributed by atoms with E-state index < -0.39 is 0 Å². The molecule has 1 aliphatic heterocycles. The Morgan fingerprint density at radius 3 is 2.44 bits per heavy atom. The van der Waals surface area contributed by atoms with Crippen molar-refractivity contribution >= 4 is 40.7 Å². The van der Waals surface area contributed by atoms with Gasteiger partial charge < -0.3 is 20.3 Å². The molecule has 0 bridgehead atoms. The van der Waals surface area contributed by atoms with Gasteiger partial charge in [0.15, 0.2) is 5.11 Å². The minimum absolute atomic E-state index is 0.398. The highest BCUT2D eigenvalue weighted by Crippen LogP contribution is 2.26.